The lowest BCUT2D eigenvalue weighted by atomic mass is 9.95. The maximum absolute atomic E-state index is 5.97. The van der Waals surface area contributed by atoms with Crippen molar-refractivity contribution in [1.29, 1.82) is 0 Å². The van der Waals surface area contributed by atoms with Gasteiger partial charge in [-0.15, -0.1) is 0 Å². The van der Waals surface area contributed by atoms with E-state index in [4.69, 9.17) is 5.73 Å². The van der Waals surface area contributed by atoms with Crippen molar-refractivity contribution in [3.8, 4) is 0 Å². The van der Waals surface area contributed by atoms with Gasteiger partial charge in [0, 0.05) is 25.7 Å². The number of nitrogens with two attached hydrogens (primary N) is 1. The fourth-order valence-electron chi connectivity index (χ4n) is 2.79. The van der Waals surface area contributed by atoms with Gasteiger partial charge in [0.25, 0.3) is 0 Å². The van der Waals surface area contributed by atoms with Crippen molar-refractivity contribution in [2.24, 2.45) is 11.7 Å². The molecular formula is C13H29N3. The van der Waals surface area contributed by atoms with Crippen LogP contribution in [0.3, 0.4) is 0 Å². The highest BCUT2D eigenvalue weighted by atomic mass is 15.2. The second-order valence-electron chi connectivity index (χ2n) is 5.26. The lowest BCUT2D eigenvalue weighted by Gasteiger charge is -2.34. The van der Waals surface area contributed by atoms with E-state index in [-0.39, 0.29) is 0 Å². The van der Waals surface area contributed by atoms with Crippen molar-refractivity contribution in [1.82, 2.24) is 9.80 Å². The van der Waals surface area contributed by atoms with Gasteiger partial charge in [0.15, 0.2) is 0 Å². The van der Waals surface area contributed by atoms with Crippen molar-refractivity contribution in [3.63, 3.8) is 0 Å². The lowest BCUT2D eigenvalue weighted by Crippen LogP contribution is -2.46. The van der Waals surface area contributed by atoms with Crippen molar-refractivity contribution in [2.45, 2.75) is 39.2 Å². The molecule has 0 aromatic heterocycles. The smallest absolute Gasteiger partial charge is 0.0244 e. The van der Waals surface area contributed by atoms with Crippen LogP contribution in [0.5, 0.6) is 0 Å². The average molecular weight is 227 g/mol. The minimum absolute atomic E-state index is 0.589. The summed E-state index contributed by atoms with van der Waals surface area (Å²) in [5.41, 5.74) is 5.97. The van der Waals surface area contributed by atoms with E-state index in [2.05, 4.69) is 30.7 Å². The highest BCUT2D eigenvalue weighted by Crippen LogP contribution is 2.17. The first-order valence-corrected chi connectivity index (χ1v) is 6.81. The van der Waals surface area contributed by atoms with E-state index in [0.29, 0.717) is 6.04 Å². The topological polar surface area (TPSA) is 32.5 Å². The van der Waals surface area contributed by atoms with Crippen LogP contribution in [0.25, 0.3) is 0 Å². The Balaban J connectivity index is 2.50. The van der Waals surface area contributed by atoms with Crippen LogP contribution < -0.4 is 5.73 Å². The molecule has 1 aliphatic rings. The summed E-state index contributed by atoms with van der Waals surface area (Å²) in [6, 6.07) is 0.589. The minimum Gasteiger partial charge on any atom is -0.329 e. The Morgan fingerprint density at radius 1 is 1.19 bits per heavy atom. The number of rotatable bonds is 5. The van der Waals surface area contributed by atoms with Gasteiger partial charge in [-0.2, -0.15) is 0 Å². The van der Waals surface area contributed by atoms with Crippen molar-refractivity contribution in [3.05, 3.63) is 0 Å². The molecule has 0 bridgehead atoms. The standard InChI is InChI=1S/C13H29N3/c1-4-6-12(2)13(11-14)16-8-5-7-15(3)9-10-16/h12-13H,4-11,14H2,1-3H3. The van der Waals surface area contributed by atoms with Crippen LogP contribution >= 0.6 is 0 Å². The summed E-state index contributed by atoms with van der Waals surface area (Å²) in [6.45, 7) is 10.3. The molecule has 0 radical (unpaired) electrons. The average Bonchev–Trinajstić information content (AvgIpc) is 2.46. The Labute approximate surface area is 101 Å². The molecule has 1 heterocycles. The molecule has 2 unspecified atom stereocenters. The first-order chi connectivity index (χ1) is 7.69. The summed E-state index contributed by atoms with van der Waals surface area (Å²) < 4.78 is 0. The first kappa shape index (κ1) is 13.9. The largest absolute Gasteiger partial charge is 0.329 e. The molecule has 1 fully saturated rings. The lowest BCUT2D eigenvalue weighted by molar-refractivity contribution is 0.152. The highest BCUT2D eigenvalue weighted by Gasteiger charge is 2.24. The van der Waals surface area contributed by atoms with Crippen molar-refractivity contribution >= 4 is 0 Å². The summed E-state index contributed by atoms with van der Waals surface area (Å²) in [5, 5.41) is 0. The zero-order chi connectivity index (χ0) is 12.0. The van der Waals surface area contributed by atoms with Gasteiger partial charge < -0.3 is 10.6 Å². The summed E-state index contributed by atoms with van der Waals surface area (Å²) in [5.74, 6) is 0.735. The summed E-state index contributed by atoms with van der Waals surface area (Å²) >= 11 is 0. The Kier molecular flexibility index (Phi) is 6.32. The monoisotopic (exact) mass is 227 g/mol. The normalized spacial score (nSPS) is 24.0. The molecule has 0 amide bonds. The van der Waals surface area contributed by atoms with Crippen LogP contribution in [0.4, 0.5) is 0 Å². The molecule has 0 aromatic carbocycles. The van der Waals surface area contributed by atoms with Gasteiger partial charge in [0.2, 0.25) is 0 Å². The third-order valence-electron chi connectivity index (χ3n) is 3.87. The van der Waals surface area contributed by atoms with Gasteiger partial charge in [-0.3, -0.25) is 4.90 Å². The van der Waals surface area contributed by atoms with Crippen molar-refractivity contribution < 1.29 is 0 Å². The third kappa shape index (κ3) is 4.04. The highest BCUT2D eigenvalue weighted by molar-refractivity contribution is 4.80. The fraction of sp³-hybridized carbons (Fsp3) is 1.00. The van der Waals surface area contributed by atoms with Crippen LogP contribution in [0.15, 0.2) is 0 Å². The molecule has 0 aromatic rings. The van der Waals surface area contributed by atoms with Crippen molar-refractivity contribution in [2.75, 3.05) is 39.8 Å². The minimum atomic E-state index is 0.589. The molecule has 1 rings (SSSR count). The van der Waals surface area contributed by atoms with E-state index in [1.165, 1.54) is 45.4 Å². The van der Waals surface area contributed by atoms with E-state index < -0.39 is 0 Å². The van der Waals surface area contributed by atoms with Gasteiger partial charge in [0.05, 0.1) is 0 Å². The molecular weight excluding hydrogens is 198 g/mol. The van der Waals surface area contributed by atoms with Crippen LogP contribution in [-0.4, -0.2) is 55.6 Å². The van der Waals surface area contributed by atoms with Gasteiger partial charge in [-0.1, -0.05) is 20.3 Å². The first-order valence-electron chi connectivity index (χ1n) is 6.81. The van der Waals surface area contributed by atoms with Crippen LogP contribution in [-0.2, 0) is 0 Å². The van der Waals surface area contributed by atoms with Gasteiger partial charge in [0.1, 0.15) is 0 Å². The summed E-state index contributed by atoms with van der Waals surface area (Å²) in [6.07, 6.45) is 3.85. The number of nitrogens with zero attached hydrogens (tertiary/aromatic N) is 2. The number of hydrogen-bond acceptors (Lipinski definition) is 3. The van der Waals surface area contributed by atoms with E-state index >= 15 is 0 Å². The Morgan fingerprint density at radius 3 is 2.56 bits per heavy atom. The van der Waals surface area contributed by atoms with Crippen LogP contribution in [0.1, 0.15) is 33.1 Å². The molecule has 3 heteroatoms. The molecule has 0 saturated carbocycles. The SMILES string of the molecule is CCCC(C)C(CN)N1CCCN(C)CC1. The number of likely N-dealkylation sites (N-methyl/N-ethyl adjacent to an activating group) is 1. The Morgan fingerprint density at radius 2 is 1.94 bits per heavy atom. The van der Waals surface area contributed by atoms with E-state index in [0.717, 1.165) is 12.5 Å². The third-order valence-corrected chi connectivity index (χ3v) is 3.87. The van der Waals surface area contributed by atoms with Crippen LogP contribution in [0.2, 0.25) is 0 Å². The maximum atomic E-state index is 5.97. The predicted octanol–water partition coefficient (Wildman–Crippen LogP) is 1.39. The van der Waals surface area contributed by atoms with Gasteiger partial charge >= 0.3 is 0 Å². The van der Waals surface area contributed by atoms with Crippen LogP contribution in [0, 0.1) is 5.92 Å². The molecule has 3 nitrogen and oxygen atoms in total. The summed E-state index contributed by atoms with van der Waals surface area (Å²) in [4.78, 5) is 5.04. The second kappa shape index (κ2) is 7.25. The van der Waals surface area contributed by atoms with E-state index in [9.17, 15) is 0 Å². The molecule has 2 N–H and O–H groups in total. The molecule has 16 heavy (non-hydrogen) atoms. The zero-order valence-electron chi connectivity index (χ0n) is 11.3. The fourth-order valence-corrected chi connectivity index (χ4v) is 2.79. The second-order valence-corrected chi connectivity index (χ2v) is 5.26. The molecule has 1 saturated heterocycles. The Bertz CT molecular complexity index is 184. The molecule has 2 atom stereocenters. The molecule has 1 aliphatic heterocycles. The molecule has 0 aliphatic carbocycles. The zero-order valence-corrected chi connectivity index (χ0v) is 11.3. The van der Waals surface area contributed by atoms with Gasteiger partial charge in [-0.25, -0.2) is 0 Å². The predicted molar refractivity (Wildman–Crippen MR) is 70.6 cm³/mol. The maximum Gasteiger partial charge on any atom is 0.0244 e. The van der Waals surface area contributed by atoms with E-state index in [1.807, 2.05) is 0 Å². The number of hydrogen-bond donors (Lipinski definition) is 1. The molecule has 96 valence electrons. The van der Waals surface area contributed by atoms with Gasteiger partial charge in [-0.05, 0) is 38.9 Å². The van der Waals surface area contributed by atoms with E-state index in [1.54, 1.807) is 0 Å². The molecule has 0 spiro atoms. The quantitative estimate of drug-likeness (QED) is 0.770. The Hall–Kier alpha value is -0.120. The summed E-state index contributed by atoms with van der Waals surface area (Å²) in [7, 11) is 2.22.